The largest absolute Gasteiger partial charge is 0.481 e. The summed E-state index contributed by atoms with van der Waals surface area (Å²) in [6, 6.07) is 25.7. The molecular formula is C31H25NO2. The molecule has 0 amide bonds. The maximum Gasteiger partial charge on any atom is 0.316 e. The Balaban J connectivity index is 0.000000129. The number of aliphatic carboxylic acids is 1. The Morgan fingerprint density at radius 2 is 1.62 bits per heavy atom. The van der Waals surface area contributed by atoms with E-state index in [1.165, 1.54) is 47.2 Å². The van der Waals surface area contributed by atoms with Gasteiger partial charge in [-0.05, 0) is 64.4 Å². The van der Waals surface area contributed by atoms with E-state index in [1.54, 1.807) is 23.3 Å². The molecule has 1 N–H and O–H groups in total. The van der Waals surface area contributed by atoms with Gasteiger partial charge in [-0.15, -0.1) is 0 Å². The van der Waals surface area contributed by atoms with Gasteiger partial charge in [0, 0.05) is 11.1 Å². The molecule has 3 heteroatoms. The van der Waals surface area contributed by atoms with Crippen LogP contribution in [0.25, 0.3) is 27.1 Å². The Labute approximate surface area is 198 Å². The Morgan fingerprint density at radius 1 is 0.824 bits per heavy atom. The van der Waals surface area contributed by atoms with Crippen molar-refractivity contribution in [3.63, 3.8) is 0 Å². The quantitative estimate of drug-likeness (QED) is 0.314. The topological polar surface area (TPSA) is 49.7 Å². The lowest BCUT2D eigenvalue weighted by Crippen LogP contribution is -2.22. The molecule has 1 heterocycles. The number of benzene rings is 4. The molecule has 0 radical (unpaired) electrons. The summed E-state index contributed by atoms with van der Waals surface area (Å²) in [5, 5.41) is 14.7. The van der Waals surface area contributed by atoms with Gasteiger partial charge in [0.15, 0.2) is 0 Å². The van der Waals surface area contributed by atoms with Crippen LogP contribution >= 0.6 is 0 Å². The van der Waals surface area contributed by atoms with Crippen LogP contribution in [-0.4, -0.2) is 16.8 Å². The summed E-state index contributed by atoms with van der Waals surface area (Å²) in [5.41, 5.74) is 6.64. The van der Waals surface area contributed by atoms with Crippen molar-refractivity contribution in [2.45, 2.75) is 25.7 Å². The van der Waals surface area contributed by atoms with E-state index >= 15 is 0 Å². The Bertz CT molecular complexity index is 1540. The number of carbonyl (C=O) groups is 1. The first kappa shape index (κ1) is 20.6. The van der Waals surface area contributed by atoms with Crippen LogP contribution in [-0.2, 0) is 17.6 Å². The highest BCUT2D eigenvalue weighted by Gasteiger charge is 2.31. The lowest BCUT2D eigenvalue weighted by molar-refractivity contribution is -0.138. The summed E-state index contributed by atoms with van der Waals surface area (Å²) in [6.45, 7) is 0. The van der Waals surface area contributed by atoms with Gasteiger partial charge in [0.2, 0.25) is 0 Å². The maximum absolute atomic E-state index is 11.1. The molecular weight excluding hydrogens is 418 g/mol. The summed E-state index contributed by atoms with van der Waals surface area (Å²) < 4.78 is 0. The van der Waals surface area contributed by atoms with Crippen LogP contribution in [0.2, 0.25) is 0 Å². The second kappa shape index (κ2) is 8.42. The van der Waals surface area contributed by atoms with Gasteiger partial charge in [0.25, 0.3) is 0 Å². The minimum atomic E-state index is -0.853. The second-order valence-electron chi connectivity index (χ2n) is 9.09. The summed E-state index contributed by atoms with van der Waals surface area (Å²) >= 11 is 0. The molecule has 166 valence electrons. The van der Waals surface area contributed by atoms with Gasteiger partial charge in [0.1, 0.15) is 5.92 Å². The van der Waals surface area contributed by atoms with E-state index in [-0.39, 0.29) is 0 Å². The van der Waals surface area contributed by atoms with Gasteiger partial charge >= 0.3 is 5.97 Å². The van der Waals surface area contributed by atoms with Crippen LogP contribution in [0.5, 0.6) is 0 Å². The first-order chi connectivity index (χ1) is 16.7. The molecule has 1 aliphatic heterocycles. The third-order valence-corrected chi connectivity index (χ3v) is 7.10. The minimum Gasteiger partial charge on any atom is -0.481 e. The number of rotatable bonds is 1. The van der Waals surface area contributed by atoms with Crippen molar-refractivity contribution < 1.29 is 9.90 Å². The third kappa shape index (κ3) is 3.45. The van der Waals surface area contributed by atoms with Gasteiger partial charge in [-0.25, -0.2) is 0 Å². The van der Waals surface area contributed by atoms with Crippen LogP contribution in [0, 0.1) is 5.92 Å². The van der Waals surface area contributed by atoms with Crippen molar-refractivity contribution in [2.24, 2.45) is 10.9 Å². The molecule has 0 bridgehead atoms. The zero-order chi connectivity index (χ0) is 23.1. The third-order valence-electron chi connectivity index (χ3n) is 7.10. The van der Waals surface area contributed by atoms with E-state index in [9.17, 15) is 4.79 Å². The number of fused-ring (bicyclic) bond motifs is 8. The molecule has 3 nitrogen and oxygen atoms in total. The number of carboxylic acids is 1. The molecule has 1 unspecified atom stereocenters. The molecule has 0 aromatic heterocycles. The molecule has 0 saturated carbocycles. The highest BCUT2D eigenvalue weighted by atomic mass is 16.4. The van der Waals surface area contributed by atoms with E-state index in [4.69, 9.17) is 5.11 Å². The number of nitrogens with zero attached hydrogens (tertiary/aromatic N) is 1. The molecule has 2 aliphatic carbocycles. The second-order valence-corrected chi connectivity index (χ2v) is 9.09. The molecule has 4 aromatic rings. The Kier molecular flexibility index (Phi) is 5.10. The van der Waals surface area contributed by atoms with Crippen molar-refractivity contribution in [3.05, 3.63) is 108 Å². The van der Waals surface area contributed by atoms with Crippen LogP contribution in [0.15, 0.2) is 96.0 Å². The Hall–Kier alpha value is -3.98. The summed E-state index contributed by atoms with van der Waals surface area (Å²) in [6.07, 6.45) is 10.6. The number of hydrogen-bond acceptors (Lipinski definition) is 2. The summed E-state index contributed by atoms with van der Waals surface area (Å²) in [4.78, 5) is 15.5. The van der Waals surface area contributed by atoms with Crippen LogP contribution in [0.3, 0.4) is 0 Å². The van der Waals surface area contributed by atoms with Crippen LogP contribution in [0.1, 0.15) is 29.5 Å². The molecule has 0 spiro atoms. The monoisotopic (exact) mass is 443 g/mol. The van der Waals surface area contributed by atoms with Gasteiger partial charge in [-0.1, -0.05) is 85.0 Å². The molecule has 4 aromatic carbocycles. The van der Waals surface area contributed by atoms with Gasteiger partial charge in [-0.2, -0.15) is 0 Å². The highest BCUT2D eigenvalue weighted by Crippen LogP contribution is 2.39. The number of carboxylic acid groups (broad SMARTS) is 1. The van der Waals surface area contributed by atoms with Gasteiger partial charge in [-0.3, -0.25) is 9.79 Å². The fourth-order valence-electron chi connectivity index (χ4n) is 5.43. The van der Waals surface area contributed by atoms with Crippen molar-refractivity contribution >= 4 is 44.5 Å². The molecule has 34 heavy (non-hydrogen) atoms. The normalized spacial score (nSPS) is 17.7. The number of allylic oxidation sites excluding steroid dienone is 3. The molecule has 0 saturated heterocycles. The molecule has 1 atom stereocenters. The van der Waals surface area contributed by atoms with E-state index < -0.39 is 11.9 Å². The maximum atomic E-state index is 11.1. The standard InChI is InChI=1S/C18H16.C13H9NO2/c1-3-7-15-13(5-1)9-11-18-16-8-4-2-6-14(16)10-12-17(15)18;15-13(16)10-6-3-5-9-8-4-1-2-7-11(8)14-12(9)10/h1,3,5,7,9-12H,2,4,6,8H2;1-7,10H,(H,15,16). The SMILES string of the molecule is O=C(O)C1C=CC=C2C1=Nc1ccccc12.c1ccc2c(c1)ccc1c3c(ccc12)CCCC3. The van der Waals surface area contributed by atoms with Crippen molar-refractivity contribution in [1.29, 1.82) is 0 Å². The first-order valence-electron chi connectivity index (χ1n) is 11.9. The van der Waals surface area contributed by atoms with E-state index in [1.807, 2.05) is 30.3 Å². The van der Waals surface area contributed by atoms with E-state index in [0.29, 0.717) is 5.71 Å². The summed E-state index contributed by atoms with van der Waals surface area (Å²) in [7, 11) is 0. The molecule has 7 rings (SSSR count). The lowest BCUT2D eigenvalue weighted by Gasteiger charge is -2.18. The number of aryl methyl sites for hydroxylation is 2. The fourth-order valence-corrected chi connectivity index (χ4v) is 5.43. The fraction of sp³-hybridized carbons (Fsp3) is 0.161. The molecule has 3 aliphatic rings. The average molecular weight is 444 g/mol. The minimum absolute atomic E-state index is 0.618. The van der Waals surface area contributed by atoms with E-state index in [0.717, 1.165) is 16.8 Å². The number of para-hydroxylation sites is 1. The summed E-state index contributed by atoms with van der Waals surface area (Å²) in [5.74, 6) is -1.47. The van der Waals surface area contributed by atoms with Gasteiger partial charge < -0.3 is 5.11 Å². The molecule has 0 fully saturated rings. The number of hydrogen-bond donors (Lipinski definition) is 1. The average Bonchev–Trinajstić information content (AvgIpc) is 3.27. The smallest absolute Gasteiger partial charge is 0.316 e. The highest BCUT2D eigenvalue weighted by molar-refractivity contribution is 6.35. The predicted molar refractivity (Wildman–Crippen MR) is 140 cm³/mol. The van der Waals surface area contributed by atoms with Crippen molar-refractivity contribution in [1.82, 2.24) is 0 Å². The first-order valence-corrected chi connectivity index (χ1v) is 11.9. The lowest BCUT2D eigenvalue weighted by atomic mass is 9.86. The van der Waals surface area contributed by atoms with Crippen molar-refractivity contribution in [3.8, 4) is 0 Å². The zero-order valence-corrected chi connectivity index (χ0v) is 18.9. The van der Waals surface area contributed by atoms with Gasteiger partial charge in [0.05, 0.1) is 11.4 Å². The van der Waals surface area contributed by atoms with Crippen molar-refractivity contribution in [2.75, 3.05) is 0 Å². The van der Waals surface area contributed by atoms with E-state index in [2.05, 4.69) is 53.5 Å². The Morgan fingerprint density at radius 3 is 2.53 bits per heavy atom. The van der Waals surface area contributed by atoms with Crippen LogP contribution < -0.4 is 0 Å². The zero-order valence-electron chi connectivity index (χ0n) is 18.9. The number of aliphatic imine (C=N–C) groups is 1. The van der Waals surface area contributed by atoms with Crippen LogP contribution in [0.4, 0.5) is 5.69 Å². The predicted octanol–water partition coefficient (Wildman–Crippen LogP) is 7.30.